The minimum absolute atomic E-state index is 0.270. The van der Waals surface area contributed by atoms with Crippen LogP contribution in [0.15, 0.2) is 12.1 Å². The van der Waals surface area contributed by atoms with Crippen LogP contribution in [0.4, 0.5) is 0 Å². The van der Waals surface area contributed by atoms with Crippen LogP contribution in [0, 0.1) is 0 Å². The predicted molar refractivity (Wildman–Crippen MR) is 56.5 cm³/mol. The molecule has 0 spiro atoms. The summed E-state index contributed by atoms with van der Waals surface area (Å²) in [5.41, 5.74) is 6.60. The third kappa shape index (κ3) is 1.85. The molecule has 1 aliphatic rings. The number of benzene rings is 1. The van der Waals surface area contributed by atoms with E-state index in [1.807, 2.05) is 12.1 Å². The van der Waals surface area contributed by atoms with E-state index in [9.17, 15) is 0 Å². The van der Waals surface area contributed by atoms with Gasteiger partial charge in [-0.25, -0.2) is 0 Å². The molecule has 15 heavy (non-hydrogen) atoms. The normalized spacial score (nSPS) is 12.9. The Balaban J connectivity index is 2.30. The zero-order valence-corrected chi connectivity index (χ0v) is 8.79. The highest BCUT2D eigenvalue weighted by Gasteiger charge is 2.21. The first-order chi connectivity index (χ1) is 7.36. The highest BCUT2D eigenvalue weighted by molar-refractivity contribution is 5.56. The molecule has 0 atom stereocenters. The minimum Gasteiger partial charge on any atom is -0.492 e. The molecule has 0 unspecified atom stereocenters. The van der Waals surface area contributed by atoms with Crippen LogP contribution >= 0.6 is 0 Å². The van der Waals surface area contributed by atoms with Crippen LogP contribution in [0.5, 0.6) is 17.2 Å². The maximum absolute atomic E-state index is 5.48. The van der Waals surface area contributed by atoms with Gasteiger partial charge < -0.3 is 19.9 Å². The first-order valence-electron chi connectivity index (χ1n) is 5.02. The molecule has 0 fully saturated rings. The van der Waals surface area contributed by atoms with Gasteiger partial charge in [-0.2, -0.15) is 0 Å². The van der Waals surface area contributed by atoms with Crippen LogP contribution in [0.3, 0.4) is 0 Å². The lowest BCUT2D eigenvalue weighted by molar-refractivity contribution is 0.171. The van der Waals surface area contributed by atoms with Crippen molar-refractivity contribution in [3.05, 3.63) is 17.7 Å². The van der Waals surface area contributed by atoms with E-state index in [4.69, 9.17) is 19.9 Å². The maximum atomic E-state index is 5.48. The first-order valence-corrected chi connectivity index (χ1v) is 5.02. The van der Waals surface area contributed by atoms with Gasteiger partial charge in [0.25, 0.3) is 0 Å². The van der Waals surface area contributed by atoms with Crippen molar-refractivity contribution in [1.29, 1.82) is 0 Å². The quantitative estimate of drug-likeness (QED) is 0.812. The maximum Gasteiger partial charge on any atom is 0.231 e. The van der Waals surface area contributed by atoms with Gasteiger partial charge in [0.15, 0.2) is 11.5 Å². The molecule has 2 N–H and O–H groups in total. The Bertz CT molecular complexity index is 352. The highest BCUT2D eigenvalue weighted by atomic mass is 16.7. The molecule has 82 valence electrons. The SMILES string of the molecule is COc1c(CCCN)ccc2c1OCO2. The molecule has 0 amide bonds. The van der Waals surface area contributed by atoms with Crippen molar-refractivity contribution in [2.75, 3.05) is 20.4 Å². The second kappa shape index (κ2) is 4.40. The summed E-state index contributed by atoms with van der Waals surface area (Å²) in [4.78, 5) is 0. The largest absolute Gasteiger partial charge is 0.492 e. The van der Waals surface area contributed by atoms with Crippen molar-refractivity contribution in [2.24, 2.45) is 5.73 Å². The molecule has 1 aromatic carbocycles. The average molecular weight is 209 g/mol. The fourth-order valence-electron chi connectivity index (χ4n) is 1.70. The molecule has 2 rings (SSSR count). The number of rotatable bonds is 4. The molecule has 0 bridgehead atoms. The van der Waals surface area contributed by atoms with Gasteiger partial charge in [-0.05, 0) is 31.0 Å². The summed E-state index contributed by atoms with van der Waals surface area (Å²) >= 11 is 0. The summed E-state index contributed by atoms with van der Waals surface area (Å²) in [6.07, 6.45) is 1.84. The Kier molecular flexibility index (Phi) is 2.97. The number of methoxy groups -OCH3 is 1. The average Bonchev–Trinajstić information content (AvgIpc) is 2.73. The molecule has 0 aromatic heterocycles. The van der Waals surface area contributed by atoms with Gasteiger partial charge in [0.1, 0.15) is 0 Å². The number of ether oxygens (including phenoxy) is 3. The Labute approximate surface area is 88.9 Å². The van der Waals surface area contributed by atoms with E-state index in [0.29, 0.717) is 12.3 Å². The Morgan fingerprint density at radius 1 is 1.40 bits per heavy atom. The number of nitrogens with two attached hydrogens (primary N) is 1. The standard InChI is InChI=1S/C11H15NO3/c1-13-10-8(3-2-6-12)4-5-9-11(10)15-7-14-9/h4-5H,2-3,6-7,12H2,1H3. The molecule has 1 heterocycles. The van der Waals surface area contributed by atoms with Gasteiger partial charge in [0, 0.05) is 0 Å². The molecule has 0 saturated carbocycles. The lowest BCUT2D eigenvalue weighted by Gasteiger charge is -2.10. The van der Waals surface area contributed by atoms with Gasteiger partial charge in [-0.3, -0.25) is 0 Å². The van der Waals surface area contributed by atoms with Crippen LogP contribution in [-0.4, -0.2) is 20.4 Å². The first kappa shape index (κ1) is 10.1. The summed E-state index contributed by atoms with van der Waals surface area (Å²) in [6.45, 7) is 0.948. The minimum atomic E-state index is 0.270. The number of hydrogen-bond donors (Lipinski definition) is 1. The summed E-state index contributed by atoms with van der Waals surface area (Å²) in [5.74, 6) is 2.24. The monoisotopic (exact) mass is 209 g/mol. The lowest BCUT2D eigenvalue weighted by Crippen LogP contribution is -2.02. The number of aryl methyl sites for hydroxylation is 1. The fourth-order valence-corrected chi connectivity index (χ4v) is 1.70. The Morgan fingerprint density at radius 2 is 2.27 bits per heavy atom. The number of hydrogen-bond acceptors (Lipinski definition) is 4. The van der Waals surface area contributed by atoms with Crippen LogP contribution in [-0.2, 0) is 6.42 Å². The Hall–Kier alpha value is -1.42. The molecule has 4 heteroatoms. The third-order valence-corrected chi connectivity index (χ3v) is 2.43. The van der Waals surface area contributed by atoms with E-state index in [2.05, 4.69) is 0 Å². The van der Waals surface area contributed by atoms with Crippen molar-refractivity contribution in [2.45, 2.75) is 12.8 Å². The zero-order valence-electron chi connectivity index (χ0n) is 8.79. The predicted octanol–water partition coefficient (Wildman–Crippen LogP) is 1.32. The van der Waals surface area contributed by atoms with Crippen LogP contribution in [0.1, 0.15) is 12.0 Å². The van der Waals surface area contributed by atoms with E-state index < -0.39 is 0 Å². The van der Waals surface area contributed by atoms with E-state index in [1.165, 1.54) is 0 Å². The Morgan fingerprint density at radius 3 is 3.00 bits per heavy atom. The molecule has 0 aliphatic carbocycles. The van der Waals surface area contributed by atoms with Crippen molar-refractivity contribution >= 4 is 0 Å². The summed E-state index contributed by atoms with van der Waals surface area (Å²) in [6, 6.07) is 3.92. The number of fused-ring (bicyclic) bond motifs is 1. The summed E-state index contributed by atoms with van der Waals surface area (Å²) in [7, 11) is 1.64. The molecule has 1 aliphatic heterocycles. The topological polar surface area (TPSA) is 53.7 Å². The van der Waals surface area contributed by atoms with Gasteiger partial charge in [0.2, 0.25) is 12.5 Å². The van der Waals surface area contributed by atoms with Crippen molar-refractivity contribution in [3.8, 4) is 17.2 Å². The van der Waals surface area contributed by atoms with E-state index in [0.717, 1.165) is 29.9 Å². The van der Waals surface area contributed by atoms with Crippen LogP contribution < -0.4 is 19.9 Å². The second-order valence-corrected chi connectivity index (χ2v) is 3.38. The van der Waals surface area contributed by atoms with E-state index in [1.54, 1.807) is 7.11 Å². The molecule has 1 aromatic rings. The molecule has 0 radical (unpaired) electrons. The van der Waals surface area contributed by atoms with Gasteiger partial charge in [0.05, 0.1) is 7.11 Å². The van der Waals surface area contributed by atoms with Crippen molar-refractivity contribution in [3.63, 3.8) is 0 Å². The van der Waals surface area contributed by atoms with E-state index in [-0.39, 0.29) is 6.79 Å². The van der Waals surface area contributed by atoms with Crippen molar-refractivity contribution in [1.82, 2.24) is 0 Å². The van der Waals surface area contributed by atoms with Gasteiger partial charge >= 0.3 is 0 Å². The zero-order chi connectivity index (χ0) is 10.7. The summed E-state index contributed by atoms with van der Waals surface area (Å²) in [5, 5.41) is 0. The van der Waals surface area contributed by atoms with Gasteiger partial charge in [-0.1, -0.05) is 6.07 Å². The van der Waals surface area contributed by atoms with E-state index >= 15 is 0 Å². The molecular formula is C11H15NO3. The molecule has 0 saturated heterocycles. The third-order valence-electron chi connectivity index (χ3n) is 2.43. The molecule has 4 nitrogen and oxygen atoms in total. The molecular weight excluding hydrogens is 194 g/mol. The summed E-state index contributed by atoms with van der Waals surface area (Å²) < 4.78 is 16.0. The van der Waals surface area contributed by atoms with Crippen molar-refractivity contribution < 1.29 is 14.2 Å². The fraction of sp³-hybridized carbons (Fsp3) is 0.455. The van der Waals surface area contributed by atoms with Crippen LogP contribution in [0.2, 0.25) is 0 Å². The second-order valence-electron chi connectivity index (χ2n) is 3.38. The lowest BCUT2D eigenvalue weighted by atomic mass is 10.1. The highest BCUT2D eigenvalue weighted by Crippen LogP contribution is 2.43. The van der Waals surface area contributed by atoms with Gasteiger partial charge in [-0.15, -0.1) is 0 Å². The van der Waals surface area contributed by atoms with Crippen LogP contribution in [0.25, 0.3) is 0 Å². The smallest absolute Gasteiger partial charge is 0.231 e.